The molecule has 5 heteroatoms. The predicted molar refractivity (Wildman–Crippen MR) is 69.4 cm³/mol. The highest BCUT2D eigenvalue weighted by Gasteiger charge is 2.41. The van der Waals surface area contributed by atoms with E-state index in [0.29, 0.717) is 0 Å². The van der Waals surface area contributed by atoms with Crippen LogP contribution in [-0.2, 0) is 5.41 Å². The molecule has 0 spiro atoms. The Morgan fingerprint density at radius 2 is 1.79 bits per heavy atom. The van der Waals surface area contributed by atoms with Crippen LogP contribution in [0.5, 0.6) is 5.75 Å². The Balaban J connectivity index is 3.15. The molecule has 0 saturated carbocycles. The molecule has 0 aromatic heterocycles. The van der Waals surface area contributed by atoms with Crippen LogP contribution in [0.25, 0.3) is 0 Å². The first-order valence-electron chi connectivity index (χ1n) is 6.10. The molecule has 0 bridgehead atoms. The van der Waals surface area contributed by atoms with Gasteiger partial charge in [-0.2, -0.15) is 13.2 Å². The topological polar surface area (TPSA) is 35.2 Å². The van der Waals surface area contributed by atoms with Crippen LogP contribution >= 0.6 is 0 Å². The molecule has 2 nitrogen and oxygen atoms in total. The second-order valence-corrected chi connectivity index (χ2v) is 5.63. The Morgan fingerprint density at radius 3 is 2.21 bits per heavy atom. The zero-order valence-electron chi connectivity index (χ0n) is 11.6. The Morgan fingerprint density at radius 1 is 1.21 bits per heavy atom. The maximum atomic E-state index is 12.7. The van der Waals surface area contributed by atoms with E-state index in [1.165, 1.54) is 0 Å². The molecule has 1 aromatic rings. The van der Waals surface area contributed by atoms with Gasteiger partial charge in [0.15, 0.2) is 0 Å². The minimum Gasteiger partial charge on any atom is -0.479 e. The third kappa shape index (κ3) is 4.13. The van der Waals surface area contributed by atoms with Gasteiger partial charge in [-0.25, -0.2) is 0 Å². The van der Waals surface area contributed by atoms with Gasteiger partial charge >= 0.3 is 6.18 Å². The van der Waals surface area contributed by atoms with Crippen molar-refractivity contribution in [2.75, 3.05) is 6.54 Å². The van der Waals surface area contributed by atoms with E-state index < -0.39 is 18.8 Å². The first-order chi connectivity index (χ1) is 8.55. The fourth-order valence-corrected chi connectivity index (χ4v) is 1.75. The highest BCUT2D eigenvalue weighted by Crippen LogP contribution is 2.34. The Bertz CT molecular complexity index is 435. The Labute approximate surface area is 111 Å². The van der Waals surface area contributed by atoms with Crippen molar-refractivity contribution in [1.82, 2.24) is 0 Å². The van der Waals surface area contributed by atoms with Crippen molar-refractivity contribution in [3.05, 3.63) is 29.3 Å². The summed E-state index contributed by atoms with van der Waals surface area (Å²) in [7, 11) is 0. The van der Waals surface area contributed by atoms with Crippen LogP contribution < -0.4 is 10.5 Å². The lowest BCUT2D eigenvalue weighted by Gasteiger charge is -2.27. The van der Waals surface area contributed by atoms with Crippen molar-refractivity contribution in [3.63, 3.8) is 0 Å². The van der Waals surface area contributed by atoms with E-state index in [9.17, 15) is 13.2 Å². The summed E-state index contributed by atoms with van der Waals surface area (Å²) in [5, 5.41) is 0. The van der Waals surface area contributed by atoms with E-state index in [2.05, 4.69) is 0 Å². The van der Waals surface area contributed by atoms with Crippen LogP contribution in [0.4, 0.5) is 13.2 Å². The molecule has 0 amide bonds. The van der Waals surface area contributed by atoms with Crippen molar-refractivity contribution >= 4 is 0 Å². The summed E-state index contributed by atoms with van der Waals surface area (Å²) < 4.78 is 43.3. The smallest absolute Gasteiger partial charge is 0.426 e. The molecule has 0 aliphatic rings. The van der Waals surface area contributed by atoms with Crippen LogP contribution in [0.2, 0.25) is 0 Å². The molecule has 19 heavy (non-hydrogen) atoms. The standard InChI is InChI=1S/C14H20F3NO/c1-9-5-6-10(13(2,3)4)11(7-9)19-12(8-18)14(15,16)17/h5-7,12H,8,18H2,1-4H3. The maximum Gasteiger partial charge on any atom is 0.426 e. The minimum absolute atomic E-state index is 0.250. The number of hydrogen-bond acceptors (Lipinski definition) is 2. The van der Waals surface area contributed by atoms with E-state index in [-0.39, 0.29) is 11.2 Å². The van der Waals surface area contributed by atoms with Crippen LogP contribution in [0.1, 0.15) is 31.9 Å². The molecule has 0 radical (unpaired) electrons. The molecule has 0 aliphatic carbocycles. The van der Waals surface area contributed by atoms with E-state index in [1.54, 1.807) is 12.1 Å². The third-order valence-electron chi connectivity index (χ3n) is 2.79. The van der Waals surface area contributed by atoms with Crippen LogP contribution in [-0.4, -0.2) is 18.8 Å². The average molecular weight is 275 g/mol. The lowest BCUT2D eigenvalue weighted by atomic mass is 9.86. The number of ether oxygens (including phenoxy) is 1. The van der Waals surface area contributed by atoms with Gasteiger partial charge < -0.3 is 10.5 Å². The number of alkyl halides is 3. The van der Waals surface area contributed by atoms with Gasteiger partial charge in [0.25, 0.3) is 0 Å². The van der Waals surface area contributed by atoms with Gasteiger partial charge in [0, 0.05) is 6.54 Å². The van der Waals surface area contributed by atoms with Gasteiger partial charge in [-0.15, -0.1) is 0 Å². The average Bonchev–Trinajstić information content (AvgIpc) is 2.22. The molecule has 1 rings (SSSR count). The number of rotatable bonds is 3. The second kappa shape index (κ2) is 5.41. The molecule has 0 aliphatic heterocycles. The van der Waals surface area contributed by atoms with Gasteiger partial charge in [-0.05, 0) is 29.5 Å². The first kappa shape index (κ1) is 15.8. The van der Waals surface area contributed by atoms with Crippen molar-refractivity contribution in [3.8, 4) is 5.75 Å². The summed E-state index contributed by atoms with van der Waals surface area (Å²) in [5.74, 6) is 0.250. The number of aryl methyl sites for hydroxylation is 1. The minimum atomic E-state index is -4.46. The molecular formula is C14H20F3NO. The van der Waals surface area contributed by atoms with Crippen molar-refractivity contribution in [2.24, 2.45) is 5.73 Å². The van der Waals surface area contributed by atoms with Crippen LogP contribution in [0.3, 0.4) is 0 Å². The molecule has 0 heterocycles. The summed E-state index contributed by atoms with van der Waals surface area (Å²) in [6.07, 6.45) is -6.44. The third-order valence-corrected chi connectivity index (χ3v) is 2.79. The van der Waals surface area contributed by atoms with E-state index >= 15 is 0 Å². The van der Waals surface area contributed by atoms with E-state index in [1.807, 2.05) is 33.8 Å². The largest absolute Gasteiger partial charge is 0.479 e. The monoisotopic (exact) mass is 275 g/mol. The summed E-state index contributed by atoms with van der Waals surface area (Å²) in [5.41, 5.74) is 6.45. The fourth-order valence-electron chi connectivity index (χ4n) is 1.75. The number of hydrogen-bond donors (Lipinski definition) is 1. The lowest BCUT2D eigenvalue weighted by molar-refractivity contribution is -0.191. The van der Waals surface area contributed by atoms with Crippen molar-refractivity contribution < 1.29 is 17.9 Å². The first-order valence-corrected chi connectivity index (χ1v) is 6.10. The highest BCUT2D eigenvalue weighted by atomic mass is 19.4. The number of benzene rings is 1. The van der Waals surface area contributed by atoms with Gasteiger partial charge in [0.2, 0.25) is 6.10 Å². The molecule has 0 fully saturated rings. The highest BCUT2D eigenvalue weighted by molar-refractivity contribution is 5.41. The SMILES string of the molecule is Cc1ccc(C(C)(C)C)c(OC(CN)C(F)(F)F)c1. The molecule has 1 aromatic carbocycles. The molecule has 1 atom stereocenters. The molecular weight excluding hydrogens is 255 g/mol. The van der Waals surface area contributed by atoms with E-state index in [4.69, 9.17) is 10.5 Å². The summed E-state index contributed by atoms with van der Waals surface area (Å²) in [6, 6.07) is 5.28. The normalized spacial score (nSPS) is 14.3. The summed E-state index contributed by atoms with van der Waals surface area (Å²) in [6.45, 7) is 6.99. The number of nitrogens with two attached hydrogens (primary N) is 1. The molecule has 108 valence electrons. The van der Waals surface area contributed by atoms with Gasteiger partial charge in [-0.3, -0.25) is 0 Å². The van der Waals surface area contributed by atoms with Crippen LogP contribution in [0.15, 0.2) is 18.2 Å². The van der Waals surface area contributed by atoms with E-state index in [0.717, 1.165) is 11.1 Å². The summed E-state index contributed by atoms with van der Waals surface area (Å²) in [4.78, 5) is 0. The lowest BCUT2D eigenvalue weighted by Crippen LogP contribution is -2.41. The zero-order chi connectivity index (χ0) is 14.8. The van der Waals surface area contributed by atoms with Gasteiger partial charge in [-0.1, -0.05) is 32.9 Å². The molecule has 0 saturated heterocycles. The molecule has 2 N–H and O–H groups in total. The zero-order valence-corrected chi connectivity index (χ0v) is 11.6. The summed E-state index contributed by atoms with van der Waals surface area (Å²) >= 11 is 0. The van der Waals surface area contributed by atoms with Crippen LogP contribution in [0, 0.1) is 6.92 Å². The Kier molecular flexibility index (Phi) is 4.50. The predicted octanol–water partition coefficient (Wildman–Crippen LogP) is 3.56. The van der Waals surface area contributed by atoms with Crippen molar-refractivity contribution in [2.45, 2.75) is 45.4 Å². The quantitative estimate of drug-likeness (QED) is 0.915. The fraction of sp³-hybridized carbons (Fsp3) is 0.571. The van der Waals surface area contributed by atoms with Crippen molar-refractivity contribution in [1.29, 1.82) is 0 Å². The number of halogens is 3. The molecule has 1 unspecified atom stereocenters. The maximum absolute atomic E-state index is 12.7. The van der Waals surface area contributed by atoms with Gasteiger partial charge in [0.05, 0.1) is 0 Å². The van der Waals surface area contributed by atoms with Gasteiger partial charge in [0.1, 0.15) is 5.75 Å². The second-order valence-electron chi connectivity index (χ2n) is 5.63. The Hall–Kier alpha value is -1.23.